The number of ether oxygens (including phenoxy) is 4. The monoisotopic (exact) mass is 876 g/mol. The van der Waals surface area contributed by atoms with Crippen molar-refractivity contribution in [2.75, 3.05) is 32.8 Å². The van der Waals surface area contributed by atoms with E-state index in [9.17, 15) is 10.1 Å². The van der Waals surface area contributed by atoms with Gasteiger partial charge in [0.05, 0.1) is 39.9 Å². The van der Waals surface area contributed by atoms with Gasteiger partial charge in [0, 0.05) is 17.6 Å². The molecule has 1 N–H and O–H groups in total. The molecular formula is C46H50FN8O7P. The minimum Gasteiger partial charge on any atom is -0.497 e. The number of nitrogens with one attached hydrogen (secondary N) is 1. The number of methoxy groups -OCH3 is 2. The van der Waals surface area contributed by atoms with Crippen LogP contribution in [0.3, 0.4) is 0 Å². The summed E-state index contributed by atoms with van der Waals surface area (Å²) in [6.45, 7) is 7.88. The Bertz CT molecular complexity index is 2400. The van der Waals surface area contributed by atoms with Crippen LogP contribution in [0.5, 0.6) is 11.5 Å². The van der Waals surface area contributed by atoms with Crippen molar-refractivity contribution in [2.45, 2.75) is 76.4 Å². The van der Waals surface area contributed by atoms with Gasteiger partial charge < -0.3 is 33.3 Å². The number of nitriles is 1. The molecular weight excluding hydrogens is 827 g/mol. The van der Waals surface area contributed by atoms with Crippen LogP contribution in [-0.2, 0) is 24.1 Å². The maximum Gasteiger partial charge on any atom is 0.259 e. The number of rotatable bonds is 19. The second kappa shape index (κ2) is 20.5. The lowest BCUT2D eigenvalue weighted by molar-refractivity contribution is -0.0944. The number of nitrogens with zero attached hydrogens (tertiary/aromatic N) is 7. The summed E-state index contributed by atoms with van der Waals surface area (Å²) in [4.78, 5) is 21.8. The number of hydrogen-bond donors (Lipinski definition) is 1. The number of benzene rings is 4. The Kier molecular flexibility index (Phi) is 14.7. The highest BCUT2D eigenvalue weighted by Gasteiger charge is 2.52. The minimum absolute atomic E-state index is 0.0690. The van der Waals surface area contributed by atoms with Gasteiger partial charge in [-0.25, -0.2) is 19.0 Å². The third-order valence-electron chi connectivity index (χ3n) is 10.5. The van der Waals surface area contributed by atoms with Gasteiger partial charge in [-0.3, -0.25) is 4.79 Å². The van der Waals surface area contributed by atoms with Crippen molar-refractivity contribution in [3.8, 4) is 17.6 Å². The molecule has 1 fully saturated rings. The fourth-order valence-electron chi connectivity index (χ4n) is 7.63. The van der Waals surface area contributed by atoms with Crippen LogP contribution in [0.25, 0.3) is 11.2 Å². The van der Waals surface area contributed by atoms with Crippen LogP contribution in [0.1, 0.15) is 67.4 Å². The van der Waals surface area contributed by atoms with Gasteiger partial charge in [0.1, 0.15) is 35.6 Å². The first kappa shape index (κ1) is 45.1. The van der Waals surface area contributed by atoms with Crippen molar-refractivity contribution < 1.29 is 37.2 Å². The highest BCUT2D eigenvalue weighted by atomic mass is 31.2. The van der Waals surface area contributed by atoms with Crippen molar-refractivity contribution in [2.24, 2.45) is 0 Å². The van der Waals surface area contributed by atoms with Crippen molar-refractivity contribution >= 4 is 31.4 Å². The molecule has 328 valence electrons. The Morgan fingerprint density at radius 2 is 1.48 bits per heavy atom. The van der Waals surface area contributed by atoms with Crippen LogP contribution >= 0.6 is 8.53 Å². The number of hydrogen-bond acceptors (Lipinski definition) is 13. The van der Waals surface area contributed by atoms with Gasteiger partial charge in [0.15, 0.2) is 29.4 Å². The van der Waals surface area contributed by atoms with E-state index < -0.39 is 44.6 Å². The van der Waals surface area contributed by atoms with E-state index in [1.165, 1.54) is 11.0 Å². The summed E-state index contributed by atoms with van der Waals surface area (Å²) < 4.78 is 58.9. The fraction of sp³-hybridized carbons (Fsp3) is 0.348. The van der Waals surface area contributed by atoms with Crippen LogP contribution in [0.15, 0.2) is 116 Å². The summed E-state index contributed by atoms with van der Waals surface area (Å²) in [6.07, 6.45) is -4.31. The Hall–Kier alpha value is -5.92. The number of anilines is 1. The van der Waals surface area contributed by atoms with E-state index in [4.69, 9.17) is 28.0 Å². The Morgan fingerprint density at radius 1 is 0.889 bits per heavy atom. The first-order chi connectivity index (χ1) is 30.6. The average molecular weight is 877 g/mol. The molecule has 0 saturated carbocycles. The lowest BCUT2D eigenvalue weighted by Crippen LogP contribution is -2.41. The van der Waals surface area contributed by atoms with Gasteiger partial charge in [-0.15, -0.1) is 5.10 Å². The molecule has 1 unspecified atom stereocenters. The molecule has 2 aromatic heterocycles. The summed E-state index contributed by atoms with van der Waals surface area (Å²) in [5, 5.41) is 20.8. The van der Waals surface area contributed by atoms with Crippen molar-refractivity contribution in [1.29, 1.82) is 5.26 Å². The third kappa shape index (κ3) is 9.69. The van der Waals surface area contributed by atoms with Crippen molar-refractivity contribution in [3.05, 3.63) is 138 Å². The standard InChI is InChI=1S/C46H50FN8O7P/c1-30(2)55(31(3)4)63(60-27-13-26-48)62-41-38(61-45(39(41)47)54-43-40(52-53-54)42(49-29-50-43)51-44(56)32-14-9-7-10-15-32)28-59-46(33-16-11-8-12-17-33,34-18-22-36(57-5)23-19-34)35-20-24-37(58-6)25-21-35/h7-12,14-25,29-31,38-39,41,45H,13,27-28H2,1-6H3,(H,49,50,51,56)/t38-,39+,41-,45-,63?/m1/s1. The first-order valence-electron chi connectivity index (χ1n) is 20.5. The largest absolute Gasteiger partial charge is 0.497 e. The average Bonchev–Trinajstić information content (AvgIpc) is 3.87. The lowest BCUT2D eigenvalue weighted by Gasteiger charge is -2.39. The molecule has 63 heavy (non-hydrogen) atoms. The van der Waals surface area contributed by atoms with Crippen LogP contribution < -0.4 is 14.8 Å². The molecule has 4 aromatic carbocycles. The molecule has 0 spiro atoms. The number of aromatic nitrogens is 5. The Balaban J connectivity index is 1.31. The quantitative estimate of drug-likeness (QED) is 0.0468. The molecule has 6 aromatic rings. The van der Waals surface area contributed by atoms with E-state index in [0.29, 0.717) is 17.1 Å². The maximum absolute atomic E-state index is 17.6. The number of halogens is 1. The van der Waals surface area contributed by atoms with E-state index in [2.05, 4.69) is 31.7 Å². The molecule has 7 rings (SSSR count). The van der Waals surface area contributed by atoms with Crippen LogP contribution in [0.4, 0.5) is 10.2 Å². The zero-order valence-electron chi connectivity index (χ0n) is 35.9. The minimum atomic E-state index is -1.95. The van der Waals surface area contributed by atoms with Gasteiger partial charge in [-0.05, 0) is 80.8 Å². The molecule has 5 atom stereocenters. The lowest BCUT2D eigenvalue weighted by atomic mass is 9.80. The van der Waals surface area contributed by atoms with Gasteiger partial charge in [0.25, 0.3) is 14.4 Å². The zero-order valence-corrected chi connectivity index (χ0v) is 36.8. The fourth-order valence-corrected chi connectivity index (χ4v) is 9.39. The Labute approximate surface area is 367 Å². The van der Waals surface area contributed by atoms with E-state index in [1.807, 2.05) is 111 Å². The summed E-state index contributed by atoms with van der Waals surface area (Å²) in [5.74, 6) is 0.980. The number of carbonyl (C=O) groups excluding carboxylic acids is 1. The number of alkyl halides is 1. The third-order valence-corrected chi connectivity index (χ3v) is 12.7. The van der Waals surface area contributed by atoms with Gasteiger partial charge in [-0.2, -0.15) is 9.94 Å². The van der Waals surface area contributed by atoms with Gasteiger partial charge >= 0.3 is 0 Å². The highest BCUT2D eigenvalue weighted by Crippen LogP contribution is 2.51. The molecule has 1 saturated heterocycles. The highest BCUT2D eigenvalue weighted by molar-refractivity contribution is 7.44. The summed E-state index contributed by atoms with van der Waals surface area (Å²) >= 11 is 0. The second-order valence-corrected chi connectivity index (χ2v) is 16.6. The van der Waals surface area contributed by atoms with E-state index in [-0.39, 0.29) is 48.7 Å². The van der Waals surface area contributed by atoms with Crippen molar-refractivity contribution in [1.82, 2.24) is 29.6 Å². The maximum atomic E-state index is 17.6. The van der Waals surface area contributed by atoms with Crippen molar-refractivity contribution in [3.63, 3.8) is 0 Å². The smallest absolute Gasteiger partial charge is 0.259 e. The van der Waals surface area contributed by atoms with Gasteiger partial charge in [0.2, 0.25) is 0 Å². The van der Waals surface area contributed by atoms with E-state index in [0.717, 1.165) is 16.7 Å². The number of fused-ring (bicyclic) bond motifs is 1. The molecule has 1 aliphatic rings. The molecule has 15 nitrogen and oxygen atoms in total. The first-order valence-corrected chi connectivity index (χ1v) is 21.7. The molecule has 0 bridgehead atoms. The molecule has 3 heterocycles. The van der Waals surface area contributed by atoms with Crippen LogP contribution in [-0.4, -0.2) is 93.4 Å². The van der Waals surface area contributed by atoms with Crippen LogP contribution in [0.2, 0.25) is 0 Å². The van der Waals surface area contributed by atoms with Gasteiger partial charge in [-0.1, -0.05) is 78.0 Å². The topological polar surface area (TPSA) is 168 Å². The zero-order chi connectivity index (χ0) is 44.5. The SMILES string of the molecule is COc1ccc(C(OC[C@H]2O[C@@H](n3nnc4c(NC(=O)c5ccccc5)ncnc43)[C@@H](F)[C@@H]2OP(OCCC#N)N(C(C)C)C(C)C)(c2ccccc2)c2ccc(OC)cc2)cc1. The molecule has 17 heteroatoms. The van der Waals surface area contributed by atoms with E-state index >= 15 is 4.39 Å². The Morgan fingerprint density at radius 3 is 2.05 bits per heavy atom. The molecule has 0 aliphatic carbocycles. The predicted molar refractivity (Wildman–Crippen MR) is 235 cm³/mol. The normalized spacial score (nSPS) is 18.2. The van der Waals surface area contributed by atoms with Crippen LogP contribution in [0, 0.1) is 11.3 Å². The molecule has 1 aliphatic heterocycles. The number of carbonyl (C=O) groups is 1. The number of amides is 1. The van der Waals surface area contributed by atoms with E-state index in [1.54, 1.807) is 44.6 Å². The summed E-state index contributed by atoms with van der Waals surface area (Å²) in [5.41, 5.74) is 1.71. The molecule has 1 amide bonds. The second-order valence-electron chi connectivity index (χ2n) is 15.2. The summed E-state index contributed by atoms with van der Waals surface area (Å²) in [6, 6.07) is 35.5. The predicted octanol–water partition coefficient (Wildman–Crippen LogP) is 8.40. The summed E-state index contributed by atoms with van der Waals surface area (Å²) in [7, 11) is 1.26. The molecule has 0 radical (unpaired) electrons.